The lowest BCUT2D eigenvalue weighted by Gasteiger charge is -2.16. The molecule has 1 amide bonds. The molecule has 0 aliphatic carbocycles. The van der Waals surface area contributed by atoms with E-state index in [1.165, 1.54) is 7.05 Å². The van der Waals surface area contributed by atoms with E-state index in [9.17, 15) is 22.4 Å². The minimum atomic E-state index is -3.94. The molecule has 128 valence electrons. The van der Waals surface area contributed by atoms with Crippen molar-refractivity contribution in [2.24, 2.45) is 0 Å². The fourth-order valence-electron chi connectivity index (χ4n) is 1.61. The smallest absolute Gasteiger partial charge is 0.321 e. The number of sulfonamides is 1. The Morgan fingerprint density at radius 2 is 1.83 bits per heavy atom. The topological polar surface area (TPSA) is 92.8 Å². The molecule has 0 aliphatic rings. The van der Waals surface area contributed by atoms with Gasteiger partial charge in [-0.2, -0.15) is 4.31 Å². The average Bonchev–Trinajstić information content (AvgIpc) is 2.44. The number of halogens is 1. The second-order valence-electron chi connectivity index (χ2n) is 5.10. The van der Waals surface area contributed by atoms with Crippen molar-refractivity contribution in [1.29, 1.82) is 0 Å². The highest BCUT2D eigenvalue weighted by molar-refractivity contribution is 7.89. The van der Waals surface area contributed by atoms with Gasteiger partial charge in [0, 0.05) is 13.1 Å². The summed E-state index contributed by atoms with van der Waals surface area (Å²) in [6.45, 7) is 2.46. The monoisotopic (exact) mass is 346 g/mol. The first-order valence-electron chi connectivity index (χ1n) is 6.80. The maximum Gasteiger partial charge on any atom is 0.321 e. The first-order chi connectivity index (χ1) is 10.6. The number of hydrogen-bond donors (Lipinski definition) is 1. The lowest BCUT2D eigenvalue weighted by atomic mass is 10.4. The molecule has 0 spiro atoms. The van der Waals surface area contributed by atoms with Gasteiger partial charge in [-0.25, -0.2) is 12.8 Å². The van der Waals surface area contributed by atoms with Crippen LogP contribution < -0.4 is 5.32 Å². The number of likely N-dealkylation sites (N-methyl/N-ethyl adjacent to an activating group) is 1. The van der Waals surface area contributed by atoms with Crippen LogP contribution in [-0.4, -0.2) is 50.8 Å². The van der Waals surface area contributed by atoms with Crippen LogP contribution in [0.15, 0.2) is 29.2 Å². The van der Waals surface area contributed by atoms with Crippen molar-refractivity contribution < 1.29 is 27.1 Å². The van der Waals surface area contributed by atoms with Crippen molar-refractivity contribution in [2.45, 2.75) is 24.8 Å². The highest BCUT2D eigenvalue weighted by atomic mass is 32.2. The van der Waals surface area contributed by atoms with E-state index in [0.717, 1.165) is 28.6 Å². The summed E-state index contributed by atoms with van der Waals surface area (Å²) in [6.07, 6.45) is 0. The molecule has 0 bridgehead atoms. The SMILES string of the molecule is CC(C)NC(=O)COC(=O)CN(C)S(=O)(=O)c1ccc(F)cc1. The van der Waals surface area contributed by atoms with Crippen molar-refractivity contribution in [2.75, 3.05) is 20.2 Å². The third-order valence-electron chi connectivity index (χ3n) is 2.69. The number of nitrogens with one attached hydrogen (secondary N) is 1. The van der Waals surface area contributed by atoms with Crippen LogP contribution in [0.25, 0.3) is 0 Å². The molecule has 0 radical (unpaired) electrons. The van der Waals surface area contributed by atoms with Gasteiger partial charge in [0.25, 0.3) is 5.91 Å². The normalized spacial score (nSPS) is 11.6. The van der Waals surface area contributed by atoms with Gasteiger partial charge < -0.3 is 10.1 Å². The maximum atomic E-state index is 12.8. The molecular weight excluding hydrogens is 327 g/mol. The Labute approximate surface area is 134 Å². The predicted octanol–water partition coefficient (Wildman–Crippen LogP) is 0.514. The maximum absolute atomic E-state index is 12.8. The molecule has 0 aromatic heterocycles. The van der Waals surface area contributed by atoms with Crippen LogP contribution in [0.2, 0.25) is 0 Å². The molecule has 0 heterocycles. The number of carbonyl (C=O) groups is 2. The molecule has 0 atom stereocenters. The minimum absolute atomic E-state index is 0.0947. The Bertz CT molecular complexity index is 658. The van der Waals surface area contributed by atoms with Gasteiger partial charge in [-0.1, -0.05) is 0 Å². The van der Waals surface area contributed by atoms with Gasteiger partial charge in [0.1, 0.15) is 12.4 Å². The molecule has 1 rings (SSSR count). The highest BCUT2D eigenvalue weighted by Gasteiger charge is 2.23. The standard InChI is InChI=1S/C14H19FN2O5S/c1-10(2)16-13(18)9-22-14(19)8-17(3)23(20,21)12-6-4-11(15)5-7-12/h4-7,10H,8-9H2,1-3H3,(H,16,18). The van der Waals surface area contributed by atoms with Crippen LogP contribution in [0.1, 0.15) is 13.8 Å². The lowest BCUT2D eigenvalue weighted by molar-refractivity contribution is -0.148. The van der Waals surface area contributed by atoms with Crippen molar-refractivity contribution in [3.63, 3.8) is 0 Å². The second kappa shape index (κ2) is 8.02. The minimum Gasteiger partial charge on any atom is -0.455 e. The van der Waals surface area contributed by atoms with Crippen LogP contribution in [0.3, 0.4) is 0 Å². The van der Waals surface area contributed by atoms with Gasteiger partial charge in [-0.3, -0.25) is 9.59 Å². The summed E-state index contributed by atoms with van der Waals surface area (Å²) in [5, 5.41) is 2.53. The number of esters is 1. The third kappa shape index (κ3) is 5.95. The van der Waals surface area contributed by atoms with Crippen LogP contribution in [-0.2, 0) is 24.3 Å². The van der Waals surface area contributed by atoms with E-state index in [4.69, 9.17) is 4.74 Å². The van der Waals surface area contributed by atoms with Crippen molar-refractivity contribution in [3.05, 3.63) is 30.1 Å². The number of amides is 1. The summed E-state index contributed by atoms with van der Waals surface area (Å²) in [5.74, 6) is -1.91. The van der Waals surface area contributed by atoms with Crippen LogP contribution in [0.5, 0.6) is 0 Å². The Morgan fingerprint density at radius 3 is 2.35 bits per heavy atom. The molecule has 0 unspecified atom stereocenters. The Hall–Kier alpha value is -2.00. The zero-order chi connectivity index (χ0) is 17.6. The number of benzene rings is 1. The molecule has 9 heteroatoms. The zero-order valence-electron chi connectivity index (χ0n) is 13.1. The Balaban J connectivity index is 2.60. The molecule has 7 nitrogen and oxygen atoms in total. The Kier molecular flexibility index (Phi) is 6.64. The summed E-state index contributed by atoms with van der Waals surface area (Å²) in [6, 6.07) is 4.12. The van der Waals surface area contributed by atoms with Crippen LogP contribution >= 0.6 is 0 Å². The Morgan fingerprint density at radius 1 is 1.26 bits per heavy atom. The fraction of sp³-hybridized carbons (Fsp3) is 0.429. The summed E-state index contributed by atoms with van der Waals surface area (Å²) in [7, 11) is -2.75. The quantitative estimate of drug-likeness (QED) is 0.727. The van der Waals surface area contributed by atoms with Crippen molar-refractivity contribution in [3.8, 4) is 0 Å². The molecule has 0 saturated heterocycles. The van der Waals surface area contributed by atoms with Gasteiger partial charge in [-0.05, 0) is 38.1 Å². The highest BCUT2D eigenvalue weighted by Crippen LogP contribution is 2.14. The van der Waals surface area contributed by atoms with Gasteiger partial charge in [0.05, 0.1) is 4.90 Å². The van der Waals surface area contributed by atoms with Crippen molar-refractivity contribution in [1.82, 2.24) is 9.62 Å². The van der Waals surface area contributed by atoms with E-state index >= 15 is 0 Å². The van der Waals surface area contributed by atoms with E-state index in [1.54, 1.807) is 13.8 Å². The molecule has 1 aromatic carbocycles. The van der Waals surface area contributed by atoms with Crippen molar-refractivity contribution >= 4 is 21.9 Å². The van der Waals surface area contributed by atoms with E-state index in [1.807, 2.05) is 0 Å². The molecule has 0 saturated carbocycles. The summed E-state index contributed by atoms with van der Waals surface area (Å²) in [5.41, 5.74) is 0. The predicted molar refractivity (Wildman–Crippen MR) is 80.5 cm³/mol. The van der Waals surface area contributed by atoms with E-state index in [0.29, 0.717) is 0 Å². The molecule has 0 fully saturated rings. The van der Waals surface area contributed by atoms with Gasteiger partial charge in [-0.15, -0.1) is 0 Å². The summed E-state index contributed by atoms with van der Waals surface area (Å²) >= 11 is 0. The van der Waals surface area contributed by atoms with E-state index in [-0.39, 0.29) is 10.9 Å². The lowest BCUT2D eigenvalue weighted by Crippen LogP contribution is -2.37. The summed E-state index contributed by atoms with van der Waals surface area (Å²) < 4.78 is 42.7. The van der Waals surface area contributed by atoms with E-state index in [2.05, 4.69) is 5.32 Å². The number of nitrogens with zero attached hydrogens (tertiary/aromatic N) is 1. The molecule has 1 N–H and O–H groups in total. The average molecular weight is 346 g/mol. The number of hydrogen-bond acceptors (Lipinski definition) is 5. The zero-order valence-corrected chi connectivity index (χ0v) is 13.9. The second-order valence-corrected chi connectivity index (χ2v) is 7.14. The van der Waals surface area contributed by atoms with Gasteiger partial charge in [0.2, 0.25) is 10.0 Å². The first-order valence-corrected chi connectivity index (χ1v) is 8.24. The molecular formula is C14H19FN2O5S. The van der Waals surface area contributed by atoms with Crippen LogP contribution in [0.4, 0.5) is 4.39 Å². The first kappa shape index (κ1) is 19.0. The van der Waals surface area contributed by atoms with Crippen LogP contribution in [0, 0.1) is 5.82 Å². The number of ether oxygens (including phenoxy) is 1. The molecule has 23 heavy (non-hydrogen) atoms. The third-order valence-corrected chi connectivity index (χ3v) is 4.51. The number of rotatable bonds is 7. The summed E-state index contributed by atoms with van der Waals surface area (Å²) in [4.78, 5) is 22.8. The van der Waals surface area contributed by atoms with Gasteiger partial charge >= 0.3 is 5.97 Å². The number of carbonyl (C=O) groups excluding carboxylic acids is 2. The van der Waals surface area contributed by atoms with E-state index < -0.39 is 40.9 Å². The molecule has 0 aliphatic heterocycles. The van der Waals surface area contributed by atoms with Gasteiger partial charge in [0.15, 0.2) is 6.61 Å². The molecule has 1 aromatic rings. The fourth-order valence-corrected chi connectivity index (χ4v) is 2.72. The largest absolute Gasteiger partial charge is 0.455 e.